The summed E-state index contributed by atoms with van der Waals surface area (Å²) in [6.07, 6.45) is 38.3. The lowest BCUT2D eigenvalue weighted by atomic mass is 9.95. The summed E-state index contributed by atoms with van der Waals surface area (Å²) in [4.78, 5) is 0. The molecule has 0 nitrogen and oxygen atoms in total. The fourth-order valence-corrected chi connectivity index (χ4v) is 5.11. The van der Waals surface area contributed by atoms with E-state index in [1.165, 1.54) is 167 Å². The third kappa shape index (κ3) is 28.0. The minimum Gasteiger partial charge on any atom is -0.0654 e. The molecule has 0 N–H and O–H groups in total. The zero-order chi connectivity index (χ0) is 23.5. The third-order valence-corrected chi connectivity index (χ3v) is 7.53. The van der Waals surface area contributed by atoms with Crippen molar-refractivity contribution in [1.82, 2.24) is 0 Å². The van der Waals surface area contributed by atoms with Crippen LogP contribution in [0.4, 0.5) is 0 Å². The van der Waals surface area contributed by atoms with Crippen LogP contribution in [0.25, 0.3) is 0 Å². The van der Waals surface area contributed by atoms with Gasteiger partial charge in [0.1, 0.15) is 0 Å². The topological polar surface area (TPSA) is 0 Å². The van der Waals surface area contributed by atoms with Crippen LogP contribution in [-0.4, -0.2) is 0 Å². The van der Waals surface area contributed by atoms with Crippen molar-refractivity contribution in [3.63, 3.8) is 0 Å². The number of unbranched alkanes of at least 4 members (excludes halogenated alkanes) is 21. The summed E-state index contributed by atoms with van der Waals surface area (Å²) < 4.78 is 0. The molecular formula is C32H66. The molecule has 0 rings (SSSR count). The summed E-state index contributed by atoms with van der Waals surface area (Å²) in [6, 6.07) is 0. The van der Waals surface area contributed by atoms with Gasteiger partial charge in [-0.05, 0) is 11.8 Å². The van der Waals surface area contributed by atoms with E-state index in [0.29, 0.717) is 0 Å². The third-order valence-electron chi connectivity index (χ3n) is 7.53. The van der Waals surface area contributed by atoms with E-state index in [1.807, 2.05) is 0 Å². The van der Waals surface area contributed by atoms with Gasteiger partial charge >= 0.3 is 0 Å². The minimum atomic E-state index is 0.894. The van der Waals surface area contributed by atoms with E-state index in [2.05, 4.69) is 27.7 Å². The smallest absolute Gasteiger partial charge is 0.0443 e. The Balaban J connectivity index is 3.13. The van der Waals surface area contributed by atoms with E-state index in [9.17, 15) is 0 Å². The molecular weight excluding hydrogens is 384 g/mol. The van der Waals surface area contributed by atoms with Crippen molar-refractivity contribution in [1.29, 1.82) is 0 Å². The Kier molecular flexibility index (Phi) is 27.2. The summed E-state index contributed by atoms with van der Waals surface area (Å²) >= 11 is 0. The van der Waals surface area contributed by atoms with Gasteiger partial charge in [0.05, 0.1) is 0 Å². The van der Waals surface area contributed by atoms with E-state index < -0.39 is 0 Å². The van der Waals surface area contributed by atoms with Crippen molar-refractivity contribution in [2.24, 2.45) is 11.8 Å². The molecule has 0 amide bonds. The van der Waals surface area contributed by atoms with Crippen LogP contribution >= 0.6 is 0 Å². The van der Waals surface area contributed by atoms with Crippen molar-refractivity contribution in [3.05, 3.63) is 0 Å². The molecule has 0 spiro atoms. The molecule has 0 saturated heterocycles. The molecule has 0 fully saturated rings. The maximum absolute atomic E-state index is 2.50. The molecule has 0 aliphatic carbocycles. The Hall–Kier alpha value is 0. The first-order valence-electron chi connectivity index (χ1n) is 15.7. The molecule has 0 aromatic carbocycles. The van der Waals surface area contributed by atoms with Gasteiger partial charge in [-0.25, -0.2) is 0 Å². The summed E-state index contributed by atoms with van der Waals surface area (Å²) in [5, 5.41) is 0. The highest BCUT2D eigenvalue weighted by molar-refractivity contribution is 4.56. The van der Waals surface area contributed by atoms with Gasteiger partial charge < -0.3 is 0 Å². The van der Waals surface area contributed by atoms with Gasteiger partial charge in [0.25, 0.3) is 0 Å². The molecule has 0 bridgehead atoms. The molecule has 0 aliphatic rings. The fraction of sp³-hybridized carbons (Fsp3) is 1.00. The van der Waals surface area contributed by atoms with E-state index in [0.717, 1.165) is 11.8 Å². The Bertz CT molecular complexity index is 318. The van der Waals surface area contributed by atoms with Gasteiger partial charge in [0, 0.05) is 0 Å². The van der Waals surface area contributed by atoms with Crippen LogP contribution in [0.5, 0.6) is 0 Å². The van der Waals surface area contributed by atoms with E-state index in [1.54, 1.807) is 0 Å². The first kappa shape index (κ1) is 32.0. The van der Waals surface area contributed by atoms with Crippen molar-refractivity contribution in [3.8, 4) is 0 Å². The highest BCUT2D eigenvalue weighted by atomic mass is 14.1. The van der Waals surface area contributed by atoms with Crippen LogP contribution < -0.4 is 0 Å². The predicted octanol–water partition coefficient (Wildman–Crippen LogP) is 12.4. The second-order valence-electron chi connectivity index (χ2n) is 11.6. The molecule has 194 valence electrons. The molecule has 0 heteroatoms. The molecule has 32 heavy (non-hydrogen) atoms. The Morgan fingerprint density at radius 1 is 0.312 bits per heavy atom. The van der Waals surface area contributed by atoms with Crippen LogP contribution in [0.15, 0.2) is 0 Å². The van der Waals surface area contributed by atoms with Crippen LogP contribution in [0.2, 0.25) is 0 Å². The lowest BCUT2D eigenvalue weighted by Gasteiger charge is -2.11. The SMILES string of the molecule is CCCCCCCCCCCCCCCCCCC(C)CCCCCCCCCC(C)C. The van der Waals surface area contributed by atoms with E-state index >= 15 is 0 Å². The molecule has 0 heterocycles. The summed E-state index contributed by atoms with van der Waals surface area (Å²) in [5.74, 6) is 1.86. The van der Waals surface area contributed by atoms with E-state index in [4.69, 9.17) is 0 Å². The normalized spacial score (nSPS) is 12.7. The van der Waals surface area contributed by atoms with Gasteiger partial charge in [-0.3, -0.25) is 0 Å². The standard InChI is InChI=1S/C32H66/c1-5-6-7-8-9-10-11-12-13-14-15-16-17-20-23-26-29-32(4)30-27-24-21-18-19-22-25-28-31(2)3/h31-32H,5-30H2,1-4H3. The predicted molar refractivity (Wildman–Crippen MR) is 150 cm³/mol. The van der Waals surface area contributed by atoms with Crippen LogP contribution in [0.3, 0.4) is 0 Å². The molecule has 0 aliphatic heterocycles. The highest BCUT2D eigenvalue weighted by Crippen LogP contribution is 2.19. The Morgan fingerprint density at radius 3 is 0.844 bits per heavy atom. The van der Waals surface area contributed by atoms with Gasteiger partial charge in [-0.2, -0.15) is 0 Å². The largest absolute Gasteiger partial charge is 0.0654 e. The summed E-state index contributed by atoms with van der Waals surface area (Å²) in [7, 11) is 0. The van der Waals surface area contributed by atoms with E-state index in [-0.39, 0.29) is 0 Å². The fourth-order valence-electron chi connectivity index (χ4n) is 5.11. The van der Waals surface area contributed by atoms with Crippen LogP contribution in [0.1, 0.15) is 195 Å². The average molecular weight is 451 g/mol. The monoisotopic (exact) mass is 451 g/mol. The lowest BCUT2D eigenvalue weighted by molar-refractivity contribution is 0.429. The quantitative estimate of drug-likeness (QED) is 0.109. The Morgan fingerprint density at radius 2 is 0.562 bits per heavy atom. The zero-order valence-electron chi connectivity index (χ0n) is 23.5. The molecule has 0 aromatic rings. The first-order valence-corrected chi connectivity index (χ1v) is 15.7. The number of hydrogen-bond acceptors (Lipinski definition) is 0. The van der Waals surface area contributed by atoms with Crippen molar-refractivity contribution in [2.45, 2.75) is 195 Å². The van der Waals surface area contributed by atoms with Crippen LogP contribution in [-0.2, 0) is 0 Å². The molecule has 1 atom stereocenters. The second kappa shape index (κ2) is 27.2. The number of rotatable bonds is 27. The lowest BCUT2D eigenvalue weighted by Crippen LogP contribution is -1.95. The van der Waals surface area contributed by atoms with Gasteiger partial charge in [-0.15, -0.1) is 0 Å². The van der Waals surface area contributed by atoms with Gasteiger partial charge in [-0.1, -0.05) is 195 Å². The van der Waals surface area contributed by atoms with Crippen molar-refractivity contribution >= 4 is 0 Å². The first-order chi connectivity index (χ1) is 15.7. The summed E-state index contributed by atoms with van der Waals surface area (Å²) in [5.41, 5.74) is 0. The maximum atomic E-state index is 2.50. The van der Waals surface area contributed by atoms with Crippen LogP contribution in [0, 0.1) is 11.8 Å². The maximum Gasteiger partial charge on any atom is -0.0443 e. The summed E-state index contributed by atoms with van der Waals surface area (Å²) in [6.45, 7) is 9.50. The zero-order valence-corrected chi connectivity index (χ0v) is 23.5. The highest BCUT2D eigenvalue weighted by Gasteiger charge is 2.02. The van der Waals surface area contributed by atoms with Gasteiger partial charge in [0.15, 0.2) is 0 Å². The van der Waals surface area contributed by atoms with Crippen molar-refractivity contribution < 1.29 is 0 Å². The minimum absolute atomic E-state index is 0.894. The molecule has 1 unspecified atom stereocenters. The Labute approximate surface area is 206 Å². The number of hydrogen-bond donors (Lipinski definition) is 0. The second-order valence-corrected chi connectivity index (χ2v) is 11.6. The average Bonchev–Trinajstić information content (AvgIpc) is 2.77. The molecule has 0 saturated carbocycles. The molecule has 0 aromatic heterocycles. The molecule has 0 radical (unpaired) electrons. The van der Waals surface area contributed by atoms with Gasteiger partial charge in [0.2, 0.25) is 0 Å². The van der Waals surface area contributed by atoms with Crippen molar-refractivity contribution in [2.75, 3.05) is 0 Å².